The monoisotopic (exact) mass is 342 g/mol. The Morgan fingerprint density at radius 3 is 2.64 bits per heavy atom. The number of ether oxygens (including phenoxy) is 3. The molecule has 0 spiro atoms. The van der Waals surface area contributed by atoms with Gasteiger partial charge in [-0.1, -0.05) is 6.07 Å². The summed E-state index contributed by atoms with van der Waals surface area (Å²) in [5, 5.41) is 10.1. The second-order valence-electron chi connectivity index (χ2n) is 7.38. The molecule has 25 heavy (non-hydrogen) atoms. The molecule has 4 rings (SSSR count). The quantitative estimate of drug-likeness (QED) is 0.871. The minimum atomic E-state index is 0.187. The Morgan fingerprint density at radius 2 is 1.92 bits per heavy atom. The van der Waals surface area contributed by atoms with E-state index in [-0.39, 0.29) is 5.75 Å². The van der Waals surface area contributed by atoms with Gasteiger partial charge >= 0.3 is 0 Å². The van der Waals surface area contributed by atoms with Gasteiger partial charge in [0.2, 0.25) is 6.79 Å². The lowest BCUT2D eigenvalue weighted by atomic mass is 9.87. The number of phenolic OH excluding ortho intramolecular Hbond substituents is 1. The first-order valence-electron chi connectivity index (χ1n) is 8.59. The SMILES string of the molecule is COc1ccc(C[C@@H]2c3cc4c(cc3CC[N+]2(C)C)OCO4)cc1O. The molecule has 1 atom stereocenters. The summed E-state index contributed by atoms with van der Waals surface area (Å²) in [5.74, 6) is 2.38. The zero-order valence-electron chi connectivity index (χ0n) is 14.9. The lowest BCUT2D eigenvalue weighted by Crippen LogP contribution is -2.48. The van der Waals surface area contributed by atoms with Crippen molar-refractivity contribution in [2.75, 3.05) is 34.5 Å². The van der Waals surface area contributed by atoms with Crippen molar-refractivity contribution in [2.24, 2.45) is 0 Å². The molecule has 0 aromatic heterocycles. The molecule has 2 aromatic carbocycles. The van der Waals surface area contributed by atoms with Gasteiger partial charge in [-0.25, -0.2) is 0 Å². The molecule has 2 aliphatic rings. The normalized spacial score (nSPS) is 20.2. The van der Waals surface area contributed by atoms with Gasteiger partial charge in [-0.3, -0.25) is 0 Å². The van der Waals surface area contributed by atoms with E-state index in [9.17, 15) is 5.11 Å². The molecule has 2 aliphatic heterocycles. The van der Waals surface area contributed by atoms with Gasteiger partial charge in [0.1, 0.15) is 6.04 Å². The second-order valence-corrected chi connectivity index (χ2v) is 7.38. The maximum Gasteiger partial charge on any atom is 0.231 e. The summed E-state index contributed by atoms with van der Waals surface area (Å²) in [7, 11) is 6.10. The molecule has 2 aromatic rings. The third-order valence-corrected chi connectivity index (χ3v) is 5.47. The van der Waals surface area contributed by atoms with Crippen molar-refractivity contribution in [1.82, 2.24) is 0 Å². The van der Waals surface area contributed by atoms with Crippen molar-refractivity contribution >= 4 is 0 Å². The van der Waals surface area contributed by atoms with Crippen LogP contribution >= 0.6 is 0 Å². The van der Waals surface area contributed by atoms with Crippen molar-refractivity contribution in [3.8, 4) is 23.0 Å². The van der Waals surface area contributed by atoms with Crippen LogP contribution in [0.25, 0.3) is 0 Å². The van der Waals surface area contributed by atoms with Crippen LogP contribution < -0.4 is 14.2 Å². The van der Waals surface area contributed by atoms with E-state index in [1.54, 1.807) is 13.2 Å². The Balaban J connectivity index is 1.72. The van der Waals surface area contributed by atoms with Gasteiger partial charge in [0.25, 0.3) is 0 Å². The van der Waals surface area contributed by atoms with Crippen LogP contribution in [0.5, 0.6) is 23.0 Å². The highest BCUT2D eigenvalue weighted by Crippen LogP contribution is 2.43. The Hall–Kier alpha value is -2.40. The molecule has 0 aliphatic carbocycles. The fraction of sp³-hybridized carbons (Fsp3) is 0.400. The Morgan fingerprint density at radius 1 is 1.16 bits per heavy atom. The fourth-order valence-corrected chi connectivity index (χ4v) is 3.91. The number of quaternary nitrogens is 1. The van der Waals surface area contributed by atoms with E-state index in [0.717, 1.165) is 40.9 Å². The van der Waals surface area contributed by atoms with Crippen molar-refractivity contribution in [3.63, 3.8) is 0 Å². The van der Waals surface area contributed by atoms with E-state index in [4.69, 9.17) is 14.2 Å². The van der Waals surface area contributed by atoms with Gasteiger partial charge in [-0.05, 0) is 35.4 Å². The number of aromatic hydroxyl groups is 1. The summed E-state index contributed by atoms with van der Waals surface area (Å²) in [6.45, 7) is 1.37. The summed E-state index contributed by atoms with van der Waals surface area (Å²) >= 11 is 0. The molecule has 0 radical (unpaired) electrons. The number of benzene rings is 2. The third kappa shape index (κ3) is 2.78. The predicted molar refractivity (Wildman–Crippen MR) is 94.3 cm³/mol. The van der Waals surface area contributed by atoms with Crippen LogP contribution in [-0.2, 0) is 12.8 Å². The predicted octanol–water partition coefficient (Wildman–Crippen LogP) is 3.05. The van der Waals surface area contributed by atoms with Crippen LogP contribution in [0, 0.1) is 0 Å². The largest absolute Gasteiger partial charge is 0.504 e. The summed E-state index contributed by atoms with van der Waals surface area (Å²) in [5.41, 5.74) is 3.75. The number of likely N-dealkylation sites (N-methyl/N-ethyl adjacent to an activating group) is 1. The molecule has 1 N–H and O–H groups in total. The first kappa shape index (κ1) is 16.1. The van der Waals surface area contributed by atoms with E-state index in [1.807, 2.05) is 12.1 Å². The molecule has 5 nitrogen and oxygen atoms in total. The Kier molecular flexibility index (Phi) is 3.76. The van der Waals surface area contributed by atoms with Crippen LogP contribution in [0.2, 0.25) is 0 Å². The van der Waals surface area contributed by atoms with E-state index in [0.29, 0.717) is 18.6 Å². The van der Waals surface area contributed by atoms with Crippen LogP contribution in [0.3, 0.4) is 0 Å². The first-order valence-corrected chi connectivity index (χ1v) is 8.59. The van der Waals surface area contributed by atoms with Crippen LogP contribution in [0.1, 0.15) is 22.7 Å². The van der Waals surface area contributed by atoms with Crippen molar-refractivity contribution < 1.29 is 23.8 Å². The molecule has 0 bridgehead atoms. The van der Waals surface area contributed by atoms with Gasteiger partial charge in [0.15, 0.2) is 23.0 Å². The minimum absolute atomic E-state index is 0.187. The maximum atomic E-state index is 10.1. The molecule has 2 heterocycles. The molecule has 132 valence electrons. The number of methoxy groups -OCH3 is 1. The molecule has 0 fully saturated rings. The average molecular weight is 342 g/mol. The van der Waals surface area contributed by atoms with E-state index < -0.39 is 0 Å². The maximum absolute atomic E-state index is 10.1. The second kappa shape index (κ2) is 5.85. The van der Waals surface area contributed by atoms with Gasteiger partial charge < -0.3 is 23.8 Å². The summed E-state index contributed by atoms with van der Waals surface area (Å²) in [6, 6.07) is 10.2. The Bertz CT molecular complexity index is 816. The topological polar surface area (TPSA) is 47.9 Å². The zero-order chi connectivity index (χ0) is 17.6. The van der Waals surface area contributed by atoms with Gasteiger partial charge in [0.05, 0.1) is 27.7 Å². The Labute approximate surface area is 148 Å². The summed E-state index contributed by atoms with van der Waals surface area (Å²) in [6.07, 6.45) is 1.88. The summed E-state index contributed by atoms with van der Waals surface area (Å²) < 4.78 is 17.2. The van der Waals surface area contributed by atoms with Gasteiger partial charge in [-0.2, -0.15) is 0 Å². The zero-order valence-corrected chi connectivity index (χ0v) is 14.9. The van der Waals surface area contributed by atoms with E-state index in [2.05, 4.69) is 26.2 Å². The first-order chi connectivity index (χ1) is 12.0. The molecule has 0 saturated carbocycles. The van der Waals surface area contributed by atoms with E-state index >= 15 is 0 Å². The number of nitrogens with zero attached hydrogens (tertiary/aromatic N) is 1. The minimum Gasteiger partial charge on any atom is -0.504 e. The van der Waals surface area contributed by atoms with Crippen LogP contribution in [0.15, 0.2) is 30.3 Å². The fourth-order valence-electron chi connectivity index (χ4n) is 3.91. The highest BCUT2D eigenvalue weighted by Gasteiger charge is 2.37. The van der Waals surface area contributed by atoms with Gasteiger partial charge in [0, 0.05) is 18.4 Å². The number of hydrogen-bond donors (Lipinski definition) is 1. The van der Waals surface area contributed by atoms with Crippen molar-refractivity contribution in [1.29, 1.82) is 0 Å². The van der Waals surface area contributed by atoms with Crippen molar-refractivity contribution in [2.45, 2.75) is 18.9 Å². The standard InChI is InChI=1S/C20H23NO4/c1-21(2)7-6-14-10-19-20(25-12-24-19)11-15(14)16(21)8-13-4-5-18(23-3)17(22)9-13/h4-5,9-11,16H,6-8,12H2,1-3H3/p+1/t16-/m1/s1. The lowest BCUT2D eigenvalue weighted by molar-refractivity contribution is -0.923. The molecule has 0 unspecified atom stereocenters. The third-order valence-electron chi connectivity index (χ3n) is 5.47. The van der Waals surface area contributed by atoms with Gasteiger partial charge in [-0.15, -0.1) is 0 Å². The molecule has 0 amide bonds. The summed E-state index contributed by atoms with van der Waals surface area (Å²) in [4.78, 5) is 0. The number of hydrogen-bond acceptors (Lipinski definition) is 4. The molecule has 5 heteroatoms. The average Bonchev–Trinajstić information content (AvgIpc) is 3.03. The smallest absolute Gasteiger partial charge is 0.231 e. The highest BCUT2D eigenvalue weighted by molar-refractivity contribution is 5.50. The highest BCUT2D eigenvalue weighted by atomic mass is 16.7. The van der Waals surface area contributed by atoms with E-state index in [1.165, 1.54) is 11.1 Å². The van der Waals surface area contributed by atoms with Crippen LogP contribution in [0.4, 0.5) is 0 Å². The number of rotatable bonds is 3. The molecular weight excluding hydrogens is 318 g/mol. The van der Waals surface area contributed by atoms with Crippen LogP contribution in [-0.4, -0.2) is 44.1 Å². The molecular formula is C20H24NO4+. The number of phenols is 1. The molecule has 0 saturated heterocycles. The lowest BCUT2D eigenvalue weighted by Gasteiger charge is -2.43. The van der Waals surface area contributed by atoms with Crippen molar-refractivity contribution in [3.05, 3.63) is 47.0 Å². The number of fused-ring (bicyclic) bond motifs is 2.